The summed E-state index contributed by atoms with van der Waals surface area (Å²) < 4.78 is 10.4. The molecule has 1 saturated heterocycles. The summed E-state index contributed by atoms with van der Waals surface area (Å²) >= 11 is 0. The largest absolute Gasteiger partial charge is 0.379 e. The van der Waals surface area contributed by atoms with E-state index in [2.05, 4.69) is 5.16 Å². The third-order valence-corrected chi connectivity index (χ3v) is 3.37. The van der Waals surface area contributed by atoms with Gasteiger partial charge in [-0.3, -0.25) is 4.79 Å². The van der Waals surface area contributed by atoms with Gasteiger partial charge in [-0.25, -0.2) is 0 Å². The number of anilines is 1. The van der Waals surface area contributed by atoms with Crippen molar-refractivity contribution in [3.8, 4) is 0 Å². The van der Waals surface area contributed by atoms with Crippen molar-refractivity contribution < 1.29 is 14.1 Å². The van der Waals surface area contributed by atoms with E-state index in [-0.39, 0.29) is 11.9 Å². The van der Waals surface area contributed by atoms with E-state index in [0.717, 1.165) is 12.1 Å². The van der Waals surface area contributed by atoms with Gasteiger partial charge in [-0.15, -0.1) is 0 Å². The minimum absolute atomic E-state index is 0.0434. The molecule has 20 heavy (non-hydrogen) atoms. The van der Waals surface area contributed by atoms with E-state index in [1.807, 2.05) is 30.3 Å². The average molecular weight is 272 g/mol. The molecule has 1 aliphatic rings. The van der Waals surface area contributed by atoms with E-state index in [1.54, 1.807) is 17.9 Å². The first kappa shape index (κ1) is 12.9. The normalized spacial score (nSPS) is 18.1. The van der Waals surface area contributed by atoms with Gasteiger partial charge >= 0.3 is 0 Å². The number of aromatic nitrogens is 1. The van der Waals surface area contributed by atoms with E-state index in [4.69, 9.17) is 9.26 Å². The molecule has 0 spiro atoms. The van der Waals surface area contributed by atoms with Gasteiger partial charge in [0.25, 0.3) is 5.91 Å². The molecule has 1 aromatic heterocycles. The van der Waals surface area contributed by atoms with Crippen molar-refractivity contribution in [1.29, 1.82) is 0 Å². The van der Waals surface area contributed by atoms with Crippen LogP contribution in [0.1, 0.15) is 22.7 Å². The predicted octanol–water partition coefficient (Wildman–Crippen LogP) is 2.42. The number of hydrogen-bond donors (Lipinski definition) is 0. The molecule has 5 nitrogen and oxygen atoms in total. The lowest BCUT2D eigenvalue weighted by atomic mass is 10.1. The van der Waals surface area contributed by atoms with Crippen LogP contribution in [0.5, 0.6) is 0 Å². The lowest BCUT2D eigenvalue weighted by Crippen LogP contribution is -2.41. The molecule has 1 aromatic carbocycles. The maximum absolute atomic E-state index is 12.7. The average Bonchev–Trinajstić information content (AvgIpc) is 3.12. The van der Waals surface area contributed by atoms with Crippen LogP contribution < -0.4 is 4.90 Å². The Morgan fingerprint density at radius 1 is 1.35 bits per heavy atom. The lowest BCUT2D eigenvalue weighted by Gasteiger charge is -2.27. The van der Waals surface area contributed by atoms with Gasteiger partial charge in [0.2, 0.25) is 0 Å². The summed E-state index contributed by atoms with van der Waals surface area (Å²) in [7, 11) is 0. The highest BCUT2D eigenvalue weighted by atomic mass is 16.5. The fraction of sp³-hybridized carbons (Fsp3) is 0.333. The lowest BCUT2D eigenvalue weighted by molar-refractivity contribution is 0.0963. The highest BCUT2D eigenvalue weighted by Crippen LogP contribution is 2.24. The maximum atomic E-state index is 12.7. The monoisotopic (exact) mass is 272 g/mol. The first-order valence-electron chi connectivity index (χ1n) is 6.65. The van der Waals surface area contributed by atoms with Gasteiger partial charge in [-0.2, -0.15) is 0 Å². The van der Waals surface area contributed by atoms with Crippen LogP contribution in [0.3, 0.4) is 0 Å². The van der Waals surface area contributed by atoms with Crippen molar-refractivity contribution in [3.63, 3.8) is 0 Å². The van der Waals surface area contributed by atoms with Crippen molar-refractivity contribution in [1.82, 2.24) is 5.16 Å². The molecule has 1 amide bonds. The molecule has 5 heteroatoms. The molecule has 1 aliphatic heterocycles. The minimum atomic E-state index is -0.149. The van der Waals surface area contributed by atoms with E-state index in [9.17, 15) is 4.79 Å². The Balaban J connectivity index is 1.95. The van der Waals surface area contributed by atoms with Gasteiger partial charge < -0.3 is 14.2 Å². The zero-order valence-corrected chi connectivity index (χ0v) is 11.3. The molecule has 0 radical (unpaired) electrons. The second kappa shape index (κ2) is 5.46. The fourth-order valence-corrected chi connectivity index (χ4v) is 2.40. The zero-order chi connectivity index (χ0) is 13.9. The van der Waals surface area contributed by atoms with Crippen LogP contribution in [0, 0.1) is 6.92 Å². The maximum Gasteiger partial charge on any atom is 0.280 e. The number of carbonyl (C=O) groups excluding carboxylic acids is 1. The number of carbonyl (C=O) groups is 1. The van der Waals surface area contributed by atoms with Gasteiger partial charge in [0, 0.05) is 18.4 Å². The highest BCUT2D eigenvalue weighted by Gasteiger charge is 2.30. The molecule has 1 atom stereocenters. The Hall–Kier alpha value is -2.14. The zero-order valence-electron chi connectivity index (χ0n) is 11.3. The van der Waals surface area contributed by atoms with Gasteiger partial charge in [0.05, 0.1) is 12.6 Å². The van der Waals surface area contributed by atoms with Gasteiger partial charge in [0.1, 0.15) is 5.76 Å². The van der Waals surface area contributed by atoms with Crippen molar-refractivity contribution in [2.75, 3.05) is 18.1 Å². The second-order valence-electron chi connectivity index (χ2n) is 4.85. The molecular weight excluding hydrogens is 256 g/mol. The third-order valence-electron chi connectivity index (χ3n) is 3.37. The summed E-state index contributed by atoms with van der Waals surface area (Å²) in [6.45, 7) is 3.01. The molecular formula is C15H16N2O3. The molecule has 1 fully saturated rings. The summed E-state index contributed by atoms with van der Waals surface area (Å²) in [5.41, 5.74) is 1.19. The molecule has 0 saturated carbocycles. The van der Waals surface area contributed by atoms with Gasteiger partial charge in [-0.1, -0.05) is 23.4 Å². The minimum Gasteiger partial charge on any atom is -0.379 e. The summed E-state index contributed by atoms with van der Waals surface area (Å²) in [5.74, 6) is 0.479. The molecule has 2 aromatic rings. The van der Waals surface area contributed by atoms with Gasteiger partial charge in [0.15, 0.2) is 5.69 Å². The highest BCUT2D eigenvalue weighted by molar-refractivity contribution is 6.05. The molecule has 2 heterocycles. The van der Waals surface area contributed by atoms with Crippen molar-refractivity contribution in [3.05, 3.63) is 47.9 Å². The number of amides is 1. The first-order chi connectivity index (χ1) is 9.75. The van der Waals surface area contributed by atoms with Gasteiger partial charge in [-0.05, 0) is 25.5 Å². The van der Waals surface area contributed by atoms with Crippen LogP contribution in [-0.2, 0) is 4.74 Å². The Bertz CT molecular complexity index is 588. The molecule has 3 rings (SSSR count). The molecule has 0 aliphatic carbocycles. The Morgan fingerprint density at radius 2 is 2.15 bits per heavy atom. The number of aryl methyl sites for hydroxylation is 1. The van der Waals surface area contributed by atoms with E-state index >= 15 is 0 Å². The number of para-hydroxylation sites is 1. The molecule has 0 unspecified atom stereocenters. The van der Waals surface area contributed by atoms with Crippen LogP contribution in [0.25, 0.3) is 0 Å². The predicted molar refractivity (Wildman–Crippen MR) is 73.7 cm³/mol. The number of hydrogen-bond acceptors (Lipinski definition) is 4. The van der Waals surface area contributed by atoms with E-state index in [1.165, 1.54) is 0 Å². The third kappa shape index (κ3) is 2.44. The molecule has 0 N–H and O–H groups in total. The summed E-state index contributed by atoms with van der Waals surface area (Å²) in [4.78, 5) is 14.4. The van der Waals surface area contributed by atoms with Crippen molar-refractivity contribution in [2.24, 2.45) is 0 Å². The molecule has 0 bridgehead atoms. The standard InChI is InChI=1S/C15H16N2O3/c1-11-9-14(16-20-11)15(18)17(13-7-8-19-10-13)12-5-3-2-4-6-12/h2-6,9,13H,7-8,10H2,1H3/t13-/m0/s1. The number of benzene rings is 1. The van der Waals surface area contributed by atoms with Crippen LogP contribution in [0.2, 0.25) is 0 Å². The smallest absolute Gasteiger partial charge is 0.280 e. The van der Waals surface area contributed by atoms with Crippen LogP contribution in [0.15, 0.2) is 40.9 Å². The van der Waals surface area contributed by atoms with Crippen LogP contribution in [-0.4, -0.2) is 30.3 Å². The topological polar surface area (TPSA) is 55.6 Å². The van der Waals surface area contributed by atoms with E-state index < -0.39 is 0 Å². The number of rotatable bonds is 3. The second-order valence-corrected chi connectivity index (χ2v) is 4.85. The Labute approximate surface area is 117 Å². The molecule has 104 valence electrons. The van der Waals surface area contributed by atoms with Crippen molar-refractivity contribution >= 4 is 11.6 Å². The summed E-state index contributed by atoms with van der Waals surface area (Å²) in [5, 5.41) is 3.83. The summed E-state index contributed by atoms with van der Waals surface area (Å²) in [6.07, 6.45) is 0.831. The number of ether oxygens (including phenoxy) is 1. The Morgan fingerprint density at radius 3 is 2.75 bits per heavy atom. The van der Waals surface area contributed by atoms with E-state index in [0.29, 0.717) is 24.7 Å². The first-order valence-corrected chi connectivity index (χ1v) is 6.65. The van der Waals surface area contributed by atoms with Crippen LogP contribution in [0.4, 0.5) is 5.69 Å². The number of nitrogens with zero attached hydrogens (tertiary/aromatic N) is 2. The fourth-order valence-electron chi connectivity index (χ4n) is 2.40. The SMILES string of the molecule is Cc1cc(C(=O)N(c2ccccc2)[C@H]2CCOC2)no1. The quantitative estimate of drug-likeness (QED) is 0.861. The summed E-state index contributed by atoms with van der Waals surface area (Å²) in [6, 6.07) is 11.3. The van der Waals surface area contributed by atoms with Crippen LogP contribution >= 0.6 is 0 Å². The van der Waals surface area contributed by atoms with Crippen molar-refractivity contribution in [2.45, 2.75) is 19.4 Å². The Kier molecular flexibility index (Phi) is 3.52.